The molecule has 28 heavy (non-hydrogen) atoms. The van der Waals surface area contributed by atoms with E-state index in [-0.39, 0.29) is 6.42 Å². The standard InChI is InChI=1S/C21H20N2O4S/c1-21(2,27)10-9-14-7-8-18(28-14)19(24)23-17(20(25)26)11-13-12-22-16-6-4-3-5-15(13)16/h3-8,12,17,22,27H,11H2,1-2H3,(H,23,24)(H,25,26)/p-1/t17-/m1/s1. The van der Waals surface area contributed by atoms with E-state index >= 15 is 0 Å². The summed E-state index contributed by atoms with van der Waals surface area (Å²) < 4.78 is 0. The lowest BCUT2D eigenvalue weighted by Gasteiger charge is -2.19. The first-order valence-electron chi connectivity index (χ1n) is 8.65. The topological polar surface area (TPSA) is 105 Å². The number of benzene rings is 1. The van der Waals surface area contributed by atoms with Gasteiger partial charge in [0.2, 0.25) is 0 Å². The molecule has 2 aromatic heterocycles. The molecule has 1 amide bonds. The molecule has 0 aliphatic heterocycles. The molecular formula is C21H19N2O4S-. The van der Waals surface area contributed by atoms with Crippen molar-refractivity contribution in [3.63, 3.8) is 0 Å². The summed E-state index contributed by atoms with van der Waals surface area (Å²) in [4.78, 5) is 28.1. The van der Waals surface area contributed by atoms with Crippen LogP contribution in [0.25, 0.3) is 10.9 Å². The van der Waals surface area contributed by atoms with Gasteiger partial charge >= 0.3 is 0 Å². The number of aromatic nitrogens is 1. The minimum absolute atomic E-state index is 0.106. The summed E-state index contributed by atoms with van der Waals surface area (Å²) in [6.45, 7) is 3.13. The number of carbonyl (C=O) groups is 2. The van der Waals surface area contributed by atoms with Crippen molar-refractivity contribution in [2.24, 2.45) is 0 Å². The van der Waals surface area contributed by atoms with Crippen LogP contribution in [-0.2, 0) is 11.2 Å². The van der Waals surface area contributed by atoms with E-state index in [4.69, 9.17) is 0 Å². The third-order valence-corrected chi connectivity index (χ3v) is 5.01. The molecule has 0 aliphatic carbocycles. The van der Waals surface area contributed by atoms with Crippen LogP contribution in [0.1, 0.15) is 34.0 Å². The number of carbonyl (C=O) groups excluding carboxylic acids is 2. The fourth-order valence-electron chi connectivity index (χ4n) is 2.68. The first-order valence-corrected chi connectivity index (χ1v) is 9.47. The Labute approximate surface area is 166 Å². The third kappa shape index (κ3) is 4.80. The van der Waals surface area contributed by atoms with Crippen LogP contribution in [0, 0.1) is 11.8 Å². The zero-order valence-corrected chi connectivity index (χ0v) is 16.2. The molecule has 7 heteroatoms. The van der Waals surface area contributed by atoms with Gasteiger partial charge in [0.15, 0.2) is 0 Å². The van der Waals surface area contributed by atoms with Gasteiger partial charge in [0.1, 0.15) is 5.60 Å². The number of hydrogen-bond acceptors (Lipinski definition) is 5. The predicted molar refractivity (Wildman–Crippen MR) is 106 cm³/mol. The number of nitrogens with one attached hydrogen (secondary N) is 2. The summed E-state index contributed by atoms with van der Waals surface area (Å²) in [5, 5.41) is 24.6. The second-order valence-electron chi connectivity index (χ2n) is 6.88. The number of aromatic amines is 1. The summed E-state index contributed by atoms with van der Waals surface area (Å²) in [5.74, 6) is 3.62. The maximum atomic E-state index is 12.5. The van der Waals surface area contributed by atoms with Crippen molar-refractivity contribution in [2.45, 2.75) is 31.9 Å². The molecule has 3 N–H and O–H groups in total. The molecule has 144 valence electrons. The molecule has 1 atom stereocenters. The van der Waals surface area contributed by atoms with Crippen molar-refractivity contribution in [1.82, 2.24) is 10.3 Å². The Morgan fingerprint density at radius 2 is 2.04 bits per heavy atom. The number of amides is 1. The SMILES string of the molecule is CC(C)(O)C#Cc1ccc(C(=O)N[C@H](Cc2c[nH]c3ccccc23)C(=O)[O-])s1. The fourth-order valence-corrected chi connectivity index (χ4v) is 3.45. The highest BCUT2D eigenvalue weighted by Gasteiger charge is 2.18. The number of rotatable bonds is 5. The largest absolute Gasteiger partial charge is 0.548 e. The Morgan fingerprint density at radius 3 is 2.75 bits per heavy atom. The molecule has 3 aromatic rings. The zero-order chi connectivity index (χ0) is 20.3. The number of aliphatic hydroxyl groups is 1. The lowest BCUT2D eigenvalue weighted by Crippen LogP contribution is -2.49. The number of fused-ring (bicyclic) bond motifs is 1. The molecule has 6 nitrogen and oxygen atoms in total. The van der Waals surface area contributed by atoms with Crippen molar-refractivity contribution < 1.29 is 19.8 Å². The Bertz CT molecular complexity index is 1080. The smallest absolute Gasteiger partial charge is 0.261 e. The molecular weight excluding hydrogens is 376 g/mol. The van der Waals surface area contributed by atoms with Gasteiger partial charge in [-0.05, 0) is 37.6 Å². The zero-order valence-electron chi connectivity index (χ0n) is 15.4. The van der Waals surface area contributed by atoms with Crippen molar-refractivity contribution in [2.75, 3.05) is 0 Å². The van der Waals surface area contributed by atoms with Gasteiger partial charge in [0.25, 0.3) is 5.91 Å². The van der Waals surface area contributed by atoms with E-state index in [2.05, 4.69) is 22.1 Å². The highest BCUT2D eigenvalue weighted by Crippen LogP contribution is 2.20. The van der Waals surface area contributed by atoms with Crippen LogP contribution >= 0.6 is 11.3 Å². The van der Waals surface area contributed by atoms with Crippen LogP contribution in [0.4, 0.5) is 0 Å². The van der Waals surface area contributed by atoms with Crippen LogP contribution in [0.3, 0.4) is 0 Å². The molecule has 2 heterocycles. The molecule has 0 radical (unpaired) electrons. The minimum Gasteiger partial charge on any atom is -0.548 e. The second kappa shape index (κ2) is 7.89. The Morgan fingerprint density at radius 1 is 1.29 bits per heavy atom. The van der Waals surface area contributed by atoms with E-state index < -0.39 is 23.5 Å². The van der Waals surface area contributed by atoms with Crippen molar-refractivity contribution in [3.05, 3.63) is 57.9 Å². The van der Waals surface area contributed by atoms with Crippen molar-refractivity contribution in [3.8, 4) is 11.8 Å². The molecule has 0 bridgehead atoms. The fraction of sp³-hybridized carbons (Fsp3) is 0.238. The lowest BCUT2D eigenvalue weighted by atomic mass is 10.0. The third-order valence-electron chi connectivity index (χ3n) is 4.01. The van der Waals surface area contributed by atoms with Crippen LogP contribution in [0.5, 0.6) is 0 Å². The maximum Gasteiger partial charge on any atom is 0.261 e. The highest BCUT2D eigenvalue weighted by molar-refractivity contribution is 7.14. The van der Waals surface area contributed by atoms with Gasteiger partial charge in [0, 0.05) is 23.5 Å². The van der Waals surface area contributed by atoms with Crippen LogP contribution in [-0.4, -0.2) is 33.6 Å². The van der Waals surface area contributed by atoms with Crippen LogP contribution in [0.15, 0.2) is 42.6 Å². The molecule has 0 fully saturated rings. The first kappa shape index (κ1) is 19.7. The quantitative estimate of drug-likeness (QED) is 0.569. The Kier molecular flexibility index (Phi) is 5.54. The molecule has 0 spiro atoms. The highest BCUT2D eigenvalue weighted by atomic mass is 32.1. The van der Waals surface area contributed by atoms with Gasteiger partial charge in [-0.15, -0.1) is 11.3 Å². The van der Waals surface area contributed by atoms with E-state index in [1.165, 1.54) is 0 Å². The van der Waals surface area contributed by atoms with Gasteiger partial charge in [-0.3, -0.25) is 4.79 Å². The van der Waals surface area contributed by atoms with E-state index in [0.717, 1.165) is 27.8 Å². The number of thiophene rings is 1. The maximum absolute atomic E-state index is 12.5. The Balaban J connectivity index is 1.74. The number of para-hydroxylation sites is 1. The second-order valence-corrected chi connectivity index (χ2v) is 7.97. The summed E-state index contributed by atoms with van der Waals surface area (Å²) >= 11 is 1.13. The average molecular weight is 395 g/mol. The van der Waals surface area contributed by atoms with Gasteiger partial charge < -0.3 is 25.3 Å². The summed E-state index contributed by atoms with van der Waals surface area (Å²) in [5.41, 5.74) is 0.549. The van der Waals surface area contributed by atoms with Crippen LogP contribution < -0.4 is 10.4 Å². The summed E-state index contributed by atoms with van der Waals surface area (Å²) in [6, 6.07) is 9.61. The first-order chi connectivity index (χ1) is 13.2. The number of aliphatic carboxylic acids is 1. The van der Waals surface area contributed by atoms with E-state index in [1.54, 1.807) is 32.2 Å². The van der Waals surface area contributed by atoms with Crippen molar-refractivity contribution >= 4 is 34.1 Å². The van der Waals surface area contributed by atoms with Gasteiger partial charge in [-0.1, -0.05) is 30.0 Å². The van der Waals surface area contributed by atoms with Gasteiger partial charge in [0.05, 0.1) is 21.8 Å². The van der Waals surface area contributed by atoms with E-state index in [9.17, 15) is 19.8 Å². The summed E-state index contributed by atoms with van der Waals surface area (Å²) in [7, 11) is 0. The number of hydrogen-bond donors (Lipinski definition) is 3. The van der Waals surface area contributed by atoms with E-state index in [0.29, 0.717) is 9.75 Å². The van der Waals surface area contributed by atoms with E-state index in [1.807, 2.05) is 24.3 Å². The Hall–Kier alpha value is -3.08. The number of carboxylic acids is 1. The molecule has 0 saturated heterocycles. The average Bonchev–Trinajstić information content (AvgIpc) is 3.26. The predicted octanol–water partition coefficient (Wildman–Crippen LogP) is 1.44. The monoisotopic (exact) mass is 395 g/mol. The van der Waals surface area contributed by atoms with Crippen molar-refractivity contribution in [1.29, 1.82) is 0 Å². The molecule has 0 unspecified atom stereocenters. The minimum atomic E-state index is -1.35. The molecule has 3 rings (SSSR count). The van der Waals surface area contributed by atoms with Gasteiger partial charge in [-0.2, -0.15) is 0 Å². The van der Waals surface area contributed by atoms with Crippen LogP contribution in [0.2, 0.25) is 0 Å². The molecule has 0 aliphatic rings. The summed E-state index contributed by atoms with van der Waals surface area (Å²) in [6.07, 6.45) is 1.84. The lowest BCUT2D eigenvalue weighted by molar-refractivity contribution is -0.308. The molecule has 1 aromatic carbocycles. The number of H-pyrrole nitrogens is 1. The van der Waals surface area contributed by atoms with Gasteiger partial charge in [-0.25, -0.2) is 0 Å². The number of carboxylic acid groups (broad SMARTS) is 1. The molecule has 0 saturated carbocycles. The normalized spacial score (nSPS) is 12.2.